The van der Waals surface area contributed by atoms with Gasteiger partial charge in [-0.1, -0.05) is 0 Å². The highest BCUT2D eigenvalue weighted by atomic mass is 19.1. The highest BCUT2D eigenvalue weighted by Crippen LogP contribution is 2.33. The number of ether oxygens (including phenoxy) is 2. The molecular formula is C18H23FN2O6. The minimum absolute atomic E-state index is 0.0503. The van der Waals surface area contributed by atoms with Gasteiger partial charge in [-0.3, -0.25) is 14.4 Å². The number of carbonyl (C=O) groups is 3. The number of hydrogen-bond acceptors (Lipinski definition) is 5. The lowest BCUT2D eigenvalue weighted by Gasteiger charge is -2.32. The van der Waals surface area contributed by atoms with Crippen molar-refractivity contribution in [3.8, 4) is 11.5 Å². The van der Waals surface area contributed by atoms with Crippen molar-refractivity contribution in [3.63, 3.8) is 0 Å². The first-order valence-corrected chi connectivity index (χ1v) is 8.46. The number of likely N-dealkylation sites (N-methyl/N-ethyl adjacent to an activating group) is 1. The molecule has 2 rings (SSSR count). The standard InChI is InChI=1S/C18H23FN2O6/c1-20(10-14(22)21-8-4-5-11(9-21)18(24)25)17(23)15-12(19)6-7-13(26-2)16(15)27-3/h6-7,11H,4-5,8-10H2,1-3H3,(H,24,25). The van der Waals surface area contributed by atoms with Gasteiger partial charge in [0.05, 0.1) is 26.7 Å². The van der Waals surface area contributed by atoms with Crippen molar-refractivity contribution in [3.05, 3.63) is 23.5 Å². The first-order valence-electron chi connectivity index (χ1n) is 8.46. The molecule has 1 aromatic carbocycles. The van der Waals surface area contributed by atoms with Crippen molar-refractivity contribution in [2.24, 2.45) is 5.92 Å². The lowest BCUT2D eigenvalue weighted by molar-refractivity contribution is -0.145. The van der Waals surface area contributed by atoms with E-state index in [-0.39, 0.29) is 36.1 Å². The molecule has 8 nitrogen and oxygen atoms in total. The minimum Gasteiger partial charge on any atom is -0.493 e. The number of benzene rings is 1. The average Bonchev–Trinajstić information content (AvgIpc) is 2.66. The summed E-state index contributed by atoms with van der Waals surface area (Å²) in [5.74, 6) is -3.32. The zero-order chi connectivity index (χ0) is 20.1. The van der Waals surface area contributed by atoms with Gasteiger partial charge in [0.2, 0.25) is 5.91 Å². The van der Waals surface area contributed by atoms with Gasteiger partial charge in [-0.25, -0.2) is 4.39 Å². The number of nitrogens with zero attached hydrogens (tertiary/aromatic N) is 2. The van der Waals surface area contributed by atoms with E-state index in [9.17, 15) is 18.8 Å². The summed E-state index contributed by atoms with van der Waals surface area (Å²) in [6.07, 6.45) is 1.10. The number of rotatable bonds is 6. The van der Waals surface area contributed by atoms with Crippen molar-refractivity contribution in [1.82, 2.24) is 9.80 Å². The van der Waals surface area contributed by atoms with E-state index in [1.54, 1.807) is 0 Å². The Kier molecular flexibility index (Phi) is 6.59. The maximum Gasteiger partial charge on any atom is 0.308 e. The fourth-order valence-electron chi connectivity index (χ4n) is 3.07. The fraction of sp³-hybridized carbons (Fsp3) is 0.500. The Hall–Kier alpha value is -2.84. The summed E-state index contributed by atoms with van der Waals surface area (Å²) in [4.78, 5) is 38.8. The van der Waals surface area contributed by atoms with Crippen LogP contribution in [0.15, 0.2) is 12.1 Å². The quantitative estimate of drug-likeness (QED) is 0.795. The number of carbonyl (C=O) groups excluding carboxylic acids is 2. The second-order valence-electron chi connectivity index (χ2n) is 6.34. The second-order valence-corrected chi connectivity index (χ2v) is 6.34. The van der Waals surface area contributed by atoms with Gasteiger partial charge in [0.1, 0.15) is 11.4 Å². The van der Waals surface area contributed by atoms with Crippen molar-refractivity contribution in [1.29, 1.82) is 0 Å². The summed E-state index contributed by atoms with van der Waals surface area (Å²) >= 11 is 0. The van der Waals surface area contributed by atoms with Gasteiger partial charge >= 0.3 is 5.97 Å². The Bertz CT molecular complexity index is 739. The molecule has 1 aliphatic rings. The molecule has 1 N–H and O–H groups in total. The number of amides is 2. The molecule has 148 valence electrons. The molecule has 1 fully saturated rings. The van der Waals surface area contributed by atoms with Crippen molar-refractivity contribution in [2.75, 3.05) is 40.9 Å². The van der Waals surface area contributed by atoms with Crippen LogP contribution in [-0.2, 0) is 9.59 Å². The maximum atomic E-state index is 14.3. The third kappa shape index (κ3) is 4.47. The summed E-state index contributed by atoms with van der Waals surface area (Å²) in [6.45, 7) is 0.236. The van der Waals surface area contributed by atoms with E-state index in [4.69, 9.17) is 14.6 Å². The molecule has 1 unspecified atom stereocenters. The van der Waals surface area contributed by atoms with Gasteiger partial charge < -0.3 is 24.4 Å². The Balaban J connectivity index is 2.14. The largest absolute Gasteiger partial charge is 0.493 e. The highest BCUT2D eigenvalue weighted by Gasteiger charge is 2.30. The first-order chi connectivity index (χ1) is 12.8. The summed E-state index contributed by atoms with van der Waals surface area (Å²) in [7, 11) is 4.03. The van der Waals surface area contributed by atoms with Crippen LogP contribution < -0.4 is 9.47 Å². The molecule has 0 spiro atoms. The zero-order valence-corrected chi connectivity index (χ0v) is 15.5. The normalized spacial score (nSPS) is 16.6. The first kappa shape index (κ1) is 20.5. The lowest BCUT2D eigenvalue weighted by atomic mass is 9.98. The molecule has 1 heterocycles. The summed E-state index contributed by atoms with van der Waals surface area (Å²) in [6, 6.07) is 2.43. The topological polar surface area (TPSA) is 96.4 Å². The molecule has 0 bridgehead atoms. The Morgan fingerprint density at radius 1 is 1.30 bits per heavy atom. The molecule has 0 saturated carbocycles. The van der Waals surface area contributed by atoms with Gasteiger partial charge in [-0.05, 0) is 25.0 Å². The third-order valence-corrected chi connectivity index (χ3v) is 4.55. The Labute approximate surface area is 156 Å². The molecule has 0 aromatic heterocycles. The van der Waals surface area contributed by atoms with E-state index < -0.39 is 23.6 Å². The molecule has 1 saturated heterocycles. The van der Waals surface area contributed by atoms with Crippen LogP contribution in [0, 0.1) is 11.7 Å². The van der Waals surface area contributed by atoms with Gasteiger partial charge in [0, 0.05) is 20.1 Å². The number of methoxy groups -OCH3 is 2. The molecule has 0 radical (unpaired) electrons. The Morgan fingerprint density at radius 2 is 2.00 bits per heavy atom. The van der Waals surface area contributed by atoms with E-state index >= 15 is 0 Å². The molecule has 1 aromatic rings. The van der Waals surface area contributed by atoms with Crippen LogP contribution in [0.4, 0.5) is 4.39 Å². The molecular weight excluding hydrogens is 359 g/mol. The summed E-state index contributed by atoms with van der Waals surface area (Å²) < 4.78 is 24.4. The summed E-state index contributed by atoms with van der Waals surface area (Å²) in [5, 5.41) is 9.12. The van der Waals surface area contributed by atoms with E-state index in [1.807, 2.05) is 0 Å². The smallest absolute Gasteiger partial charge is 0.308 e. The van der Waals surface area contributed by atoms with E-state index in [0.29, 0.717) is 19.4 Å². The van der Waals surface area contributed by atoms with Crippen LogP contribution in [0.5, 0.6) is 11.5 Å². The van der Waals surface area contributed by atoms with Gasteiger partial charge in [0.25, 0.3) is 5.91 Å². The van der Waals surface area contributed by atoms with E-state index in [0.717, 1.165) is 11.0 Å². The van der Waals surface area contributed by atoms with Crippen LogP contribution in [0.1, 0.15) is 23.2 Å². The van der Waals surface area contributed by atoms with Gasteiger partial charge in [-0.15, -0.1) is 0 Å². The molecule has 1 atom stereocenters. The monoisotopic (exact) mass is 382 g/mol. The van der Waals surface area contributed by atoms with Crippen molar-refractivity contribution in [2.45, 2.75) is 12.8 Å². The second kappa shape index (κ2) is 8.70. The minimum atomic E-state index is -0.944. The third-order valence-electron chi connectivity index (χ3n) is 4.55. The molecule has 0 aliphatic carbocycles. The number of likely N-dealkylation sites (tertiary alicyclic amines) is 1. The summed E-state index contributed by atoms with van der Waals surface area (Å²) in [5.41, 5.74) is -0.325. The predicted octanol–water partition coefficient (Wildman–Crippen LogP) is 1.24. The van der Waals surface area contributed by atoms with Crippen LogP contribution >= 0.6 is 0 Å². The zero-order valence-electron chi connectivity index (χ0n) is 15.5. The van der Waals surface area contributed by atoms with Gasteiger partial charge in [0.15, 0.2) is 11.5 Å². The van der Waals surface area contributed by atoms with Crippen LogP contribution in [0.2, 0.25) is 0 Å². The number of piperidine rings is 1. The molecule has 27 heavy (non-hydrogen) atoms. The van der Waals surface area contributed by atoms with Crippen LogP contribution in [0.25, 0.3) is 0 Å². The lowest BCUT2D eigenvalue weighted by Crippen LogP contribution is -2.47. The fourth-order valence-corrected chi connectivity index (χ4v) is 3.07. The number of carboxylic acids is 1. The van der Waals surface area contributed by atoms with Crippen molar-refractivity contribution >= 4 is 17.8 Å². The number of hydrogen-bond donors (Lipinski definition) is 1. The van der Waals surface area contributed by atoms with E-state index in [1.165, 1.54) is 32.2 Å². The average molecular weight is 382 g/mol. The molecule has 1 aliphatic heterocycles. The van der Waals surface area contributed by atoms with Crippen LogP contribution in [0.3, 0.4) is 0 Å². The molecule has 2 amide bonds. The number of aliphatic carboxylic acids is 1. The number of carboxylic acid groups (broad SMARTS) is 1. The maximum absolute atomic E-state index is 14.3. The SMILES string of the molecule is COc1ccc(F)c(C(=O)N(C)CC(=O)N2CCCC(C(=O)O)C2)c1OC. The Morgan fingerprint density at radius 3 is 2.59 bits per heavy atom. The van der Waals surface area contributed by atoms with Crippen LogP contribution in [-0.4, -0.2) is 73.6 Å². The van der Waals surface area contributed by atoms with Crippen molar-refractivity contribution < 1.29 is 33.4 Å². The van der Waals surface area contributed by atoms with E-state index in [2.05, 4.69) is 0 Å². The van der Waals surface area contributed by atoms with Gasteiger partial charge in [-0.2, -0.15) is 0 Å². The highest BCUT2D eigenvalue weighted by molar-refractivity contribution is 5.99. The number of halogens is 1. The predicted molar refractivity (Wildman–Crippen MR) is 93.4 cm³/mol. The molecule has 9 heteroatoms.